The number of carbonyl (C=O) groups excluding carboxylic acids is 1. The van der Waals surface area contributed by atoms with E-state index >= 15 is 0 Å². The molecular weight excluding hydrogens is 418 g/mol. The lowest BCUT2D eigenvalue weighted by Gasteiger charge is -2.21. The Balaban J connectivity index is 1.34. The largest absolute Gasteiger partial charge is 0.357 e. The molecule has 2 heterocycles. The maximum Gasteiger partial charge on any atom is 0.255 e. The fourth-order valence-electron chi connectivity index (χ4n) is 4.58. The minimum absolute atomic E-state index is 0.136. The smallest absolute Gasteiger partial charge is 0.255 e. The van der Waals surface area contributed by atoms with Crippen LogP contribution >= 0.6 is 0 Å². The van der Waals surface area contributed by atoms with Gasteiger partial charge in [-0.05, 0) is 59.4 Å². The topological polar surface area (TPSA) is 45.2 Å². The van der Waals surface area contributed by atoms with E-state index in [9.17, 15) is 4.79 Å². The summed E-state index contributed by atoms with van der Waals surface area (Å²) in [6.45, 7) is 2.10. The van der Waals surface area contributed by atoms with Gasteiger partial charge in [-0.25, -0.2) is 4.98 Å². The third kappa shape index (κ3) is 5.01. The zero-order chi connectivity index (χ0) is 23.2. The number of benzene rings is 3. The lowest BCUT2D eigenvalue weighted by Crippen LogP contribution is -2.24. The minimum atomic E-state index is -0.136. The second-order valence-electron chi connectivity index (χ2n) is 8.75. The number of pyridine rings is 1. The normalized spacial score (nSPS) is 13.8. The van der Waals surface area contributed by atoms with Crippen LogP contribution < -0.4 is 10.2 Å². The molecule has 1 fully saturated rings. The monoisotopic (exact) mass is 447 g/mol. The van der Waals surface area contributed by atoms with E-state index in [-0.39, 0.29) is 5.91 Å². The SMILES string of the molecule is O=C(Nc1ccc(N2CCCCCC2)nc1)c1cccc(-c2ccccc2-c2ccccc2)c1. The Labute approximate surface area is 201 Å². The van der Waals surface area contributed by atoms with Crippen LogP contribution in [-0.4, -0.2) is 24.0 Å². The summed E-state index contributed by atoms with van der Waals surface area (Å²) in [4.78, 5) is 20.0. The minimum Gasteiger partial charge on any atom is -0.357 e. The van der Waals surface area contributed by atoms with Crippen molar-refractivity contribution >= 4 is 17.4 Å². The molecule has 0 atom stereocenters. The van der Waals surface area contributed by atoms with Gasteiger partial charge in [-0.1, -0.05) is 79.6 Å². The fraction of sp³-hybridized carbons (Fsp3) is 0.200. The highest BCUT2D eigenvalue weighted by molar-refractivity contribution is 6.05. The molecule has 0 saturated carbocycles. The van der Waals surface area contributed by atoms with Crippen LogP contribution in [0.1, 0.15) is 36.0 Å². The highest BCUT2D eigenvalue weighted by atomic mass is 16.1. The number of hydrogen-bond acceptors (Lipinski definition) is 3. The number of aromatic nitrogens is 1. The fourth-order valence-corrected chi connectivity index (χ4v) is 4.58. The number of nitrogens with one attached hydrogen (secondary N) is 1. The second kappa shape index (κ2) is 10.3. The molecule has 1 saturated heterocycles. The molecule has 1 N–H and O–H groups in total. The zero-order valence-electron chi connectivity index (χ0n) is 19.3. The molecule has 0 unspecified atom stereocenters. The van der Waals surface area contributed by atoms with Gasteiger partial charge in [-0.15, -0.1) is 0 Å². The molecule has 170 valence electrons. The van der Waals surface area contributed by atoms with Crippen molar-refractivity contribution in [3.63, 3.8) is 0 Å². The summed E-state index contributed by atoms with van der Waals surface area (Å²) in [5.74, 6) is 0.850. The van der Waals surface area contributed by atoms with Crippen LogP contribution in [0.25, 0.3) is 22.3 Å². The molecule has 1 amide bonds. The molecular formula is C30H29N3O. The third-order valence-corrected chi connectivity index (χ3v) is 6.38. The molecule has 0 aliphatic carbocycles. The van der Waals surface area contributed by atoms with E-state index in [0.717, 1.165) is 41.2 Å². The molecule has 1 aliphatic heterocycles. The summed E-state index contributed by atoms with van der Waals surface area (Å²) in [5.41, 5.74) is 5.75. The summed E-state index contributed by atoms with van der Waals surface area (Å²) in [7, 11) is 0. The predicted octanol–water partition coefficient (Wildman–Crippen LogP) is 7.05. The molecule has 0 bridgehead atoms. The van der Waals surface area contributed by atoms with Crippen molar-refractivity contribution in [1.29, 1.82) is 0 Å². The number of anilines is 2. The quantitative estimate of drug-likeness (QED) is 0.357. The van der Waals surface area contributed by atoms with E-state index in [1.165, 1.54) is 25.7 Å². The van der Waals surface area contributed by atoms with E-state index in [2.05, 4.69) is 45.5 Å². The summed E-state index contributed by atoms with van der Waals surface area (Å²) >= 11 is 0. The lowest BCUT2D eigenvalue weighted by molar-refractivity contribution is 0.102. The van der Waals surface area contributed by atoms with Gasteiger partial charge >= 0.3 is 0 Å². The van der Waals surface area contributed by atoms with Gasteiger partial charge in [0.15, 0.2) is 0 Å². The van der Waals surface area contributed by atoms with Crippen molar-refractivity contribution in [2.75, 3.05) is 23.3 Å². The van der Waals surface area contributed by atoms with Gasteiger partial charge in [-0.3, -0.25) is 4.79 Å². The number of rotatable bonds is 5. The first kappa shape index (κ1) is 21.9. The van der Waals surface area contributed by atoms with Gasteiger partial charge in [0.25, 0.3) is 5.91 Å². The number of hydrogen-bond donors (Lipinski definition) is 1. The Hall–Kier alpha value is -3.92. The van der Waals surface area contributed by atoms with E-state index < -0.39 is 0 Å². The van der Waals surface area contributed by atoms with Crippen molar-refractivity contribution in [2.24, 2.45) is 0 Å². The average Bonchev–Trinajstić information content (AvgIpc) is 3.19. The maximum absolute atomic E-state index is 13.0. The molecule has 0 radical (unpaired) electrons. The first-order valence-corrected chi connectivity index (χ1v) is 12.1. The van der Waals surface area contributed by atoms with Gasteiger partial charge in [0.1, 0.15) is 5.82 Å². The van der Waals surface area contributed by atoms with Crippen LogP contribution in [0.4, 0.5) is 11.5 Å². The standard InChI is InChI=1S/C30H29N3O/c34-30(32-26-17-18-29(31-22-26)33-19-8-1-2-9-20-33)25-14-10-13-24(21-25)28-16-7-6-15-27(28)23-11-4-3-5-12-23/h3-7,10-18,21-22H,1-2,8-9,19-20H2,(H,32,34). The van der Waals surface area contributed by atoms with E-state index in [4.69, 9.17) is 0 Å². The Kier molecular flexibility index (Phi) is 6.66. The molecule has 4 heteroatoms. The van der Waals surface area contributed by atoms with Crippen molar-refractivity contribution in [1.82, 2.24) is 4.98 Å². The van der Waals surface area contributed by atoms with Crippen molar-refractivity contribution in [3.8, 4) is 22.3 Å². The lowest BCUT2D eigenvalue weighted by atomic mass is 9.94. The van der Waals surface area contributed by atoms with Crippen molar-refractivity contribution in [2.45, 2.75) is 25.7 Å². The highest BCUT2D eigenvalue weighted by Crippen LogP contribution is 2.32. The van der Waals surface area contributed by atoms with Gasteiger partial charge in [0, 0.05) is 18.7 Å². The van der Waals surface area contributed by atoms with Crippen LogP contribution in [0.3, 0.4) is 0 Å². The molecule has 3 aromatic carbocycles. The molecule has 4 nitrogen and oxygen atoms in total. The summed E-state index contributed by atoms with van der Waals surface area (Å²) in [5, 5.41) is 3.01. The number of nitrogens with zero attached hydrogens (tertiary/aromatic N) is 2. The molecule has 1 aliphatic rings. The molecule has 34 heavy (non-hydrogen) atoms. The molecule has 1 aromatic heterocycles. The first-order chi connectivity index (χ1) is 16.8. The summed E-state index contributed by atoms with van der Waals surface area (Å²) in [6, 6.07) is 30.4. The Bertz CT molecular complexity index is 1240. The Morgan fingerprint density at radius 2 is 1.38 bits per heavy atom. The van der Waals surface area contributed by atoms with Gasteiger partial charge < -0.3 is 10.2 Å². The van der Waals surface area contributed by atoms with E-state index in [0.29, 0.717) is 11.3 Å². The maximum atomic E-state index is 13.0. The van der Waals surface area contributed by atoms with E-state index in [1.54, 1.807) is 6.20 Å². The van der Waals surface area contributed by atoms with Gasteiger partial charge in [0.05, 0.1) is 11.9 Å². The predicted molar refractivity (Wildman–Crippen MR) is 140 cm³/mol. The van der Waals surface area contributed by atoms with Crippen molar-refractivity contribution < 1.29 is 4.79 Å². The number of carbonyl (C=O) groups is 1. The number of amides is 1. The zero-order valence-corrected chi connectivity index (χ0v) is 19.3. The second-order valence-corrected chi connectivity index (χ2v) is 8.75. The highest BCUT2D eigenvalue weighted by Gasteiger charge is 2.13. The van der Waals surface area contributed by atoms with Crippen LogP contribution in [0, 0.1) is 0 Å². The Morgan fingerprint density at radius 3 is 2.09 bits per heavy atom. The van der Waals surface area contributed by atoms with Crippen LogP contribution in [0.5, 0.6) is 0 Å². The van der Waals surface area contributed by atoms with Crippen LogP contribution in [-0.2, 0) is 0 Å². The molecule has 5 rings (SSSR count). The average molecular weight is 448 g/mol. The molecule has 0 spiro atoms. The summed E-state index contributed by atoms with van der Waals surface area (Å²) < 4.78 is 0. The third-order valence-electron chi connectivity index (χ3n) is 6.38. The van der Waals surface area contributed by atoms with Crippen LogP contribution in [0.15, 0.2) is 97.2 Å². The molecule has 4 aromatic rings. The van der Waals surface area contributed by atoms with Gasteiger partial charge in [0.2, 0.25) is 0 Å². The van der Waals surface area contributed by atoms with Gasteiger partial charge in [-0.2, -0.15) is 0 Å². The van der Waals surface area contributed by atoms with Crippen LogP contribution in [0.2, 0.25) is 0 Å². The van der Waals surface area contributed by atoms with Crippen molar-refractivity contribution in [3.05, 3.63) is 103 Å². The Morgan fingerprint density at radius 1 is 0.706 bits per heavy atom. The first-order valence-electron chi connectivity index (χ1n) is 12.1. The summed E-state index contributed by atoms with van der Waals surface area (Å²) in [6.07, 6.45) is 6.76. The van der Waals surface area contributed by atoms with E-state index in [1.807, 2.05) is 60.7 Å².